The van der Waals surface area contributed by atoms with Crippen LogP contribution in [0, 0.1) is 5.92 Å². The van der Waals surface area contributed by atoms with Crippen molar-refractivity contribution in [3.8, 4) is 0 Å². The number of nitrogens with zero attached hydrogens (tertiary/aromatic N) is 1. The lowest BCUT2D eigenvalue weighted by Crippen LogP contribution is -2.49. The molecule has 0 bridgehead atoms. The number of likely N-dealkylation sites (tertiary alicyclic amines) is 1. The normalized spacial score (nSPS) is 25.8. The Balaban J connectivity index is 1.58. The van der Waals surface area contributed by atoms with Crippen LogP contribution < -0.4 is 5.32 Å². The molecule has 1 saturated heterocycles. The fraction of sp³-hybridized carbons (Fsp3) is 0.733. The molecule has 4 nitrogen and oxygen atoms in total. The summed E-state index contributed by atoms with van der Waals surface area (Å²) in [7, 11) is 2.17. The Bertz CT molecular complexity index is 372. The van der Waals surface area contributed by atoms with Gasteiger partial charge in [-0.3, -0.25) is 0 Å². The van der Waals surface area contributed by atoms with E-state index in [1.807, 2.05) is 11.4 Å². The molecule has 1 aromatic heterocycles. The maximum atomic E-state index is 9.95. The molecule has 5 heteroatoms. The van der Waals surface area contributed by atoms with Crippen LogP contribution in [0.5, 0.6) is 0 Å². The highest BCUT2D eigenvalue weighted by Crippen LogP contribution is 2.15. The van der Waals surface area contributed by atoms with Gasteiger partial charge in [0.05, 0.1) is 19.3 Å². The molecule has 0 aliphatic carbocycles. The molecule has 0 amide bonds. The minimum absolute atomic E-state index is 0.395. The van der Waals surface area contributed by atoms with E-state index in [0.29, 0.717) is 31.7 Å². The zero-order valence-corrected chi connectivity index (χ0v) is 13.2. The van der Waals surface area contributed by atoms with Gasteiger partial charge in [0.25, 0.3) is 0 Å². The van der Waals surface area contributed by atoms with Crippen molar-refractivity contribution in [2.24, 2.45) is 5.92 Å². The van der Waals surface area contributed by atoms with Crippen molar-refractivity contribution in [2.45, 2.75) is 32.1 Å². The highest BCUT2D eigenvalue weighted by atomic mass is 32.1. The average Bonchev–Trinajstić information content (AvgIpc) is 2.91. The smallest absolute Gasteiger partial charge is 0.0897 e. The molecule has 1 fully saturated rings. The van der Waals surface area contributed by atoms with Crippen molar-refractivity contribution in [1.82, 2.24) is 10.2 Å². The van der Waals surface area contributed by atoms with Crippen molar-refractivity contribution in [3.63, 3.8) is 0 Å². The zero-order valence-electron chi connectivity index (χ0n) is 12.4. The topological polar surface area (TPSA) is 44.7 Å². The number of rotatable bonds is 7. The Morgan fingerprint density at radius 3 is 3.15 bits per heavy atom. The van der Waals surface area contributed by atoms with Gasteiger partial charge in [0.15, 0.2) is 0 Å². The quantitative estimate of drug-likeness (QED) is 0.802. The van der Waals surface area contributed by atoms with Crippen LogP contribution in [0.15, 0.2) is 17.5 Å². The predicted molar refractivity (Wildman–Crippen MR) is 83.1 cm³/mol. The summed E-state index contributed by atoms with van der Waals surface area (Å²) in [5.74, 6) is 0.632. The molecule has 0 spiro atoms. The first kappa shape index (κ1) is 15.9. The Kier molecular flexibility index (Phi) is 6.45. The maximum absolute atomic E-state index is 9.95. The van der Waals surface area contributed by atoms with Crippen LogP contribution in [-0.2, 0) is 11.3 Å². The number of ether oxygens (including phenoxy) is 1. The van der Waals surface area contributed by atoms with Crippen LogP contribution in [0.25, 0.3) is 0 Å². The van der Waals surface area contributed by atoms with E-state index in [9.17, 15) is 5.11 Å². The van der Waals surface area contributed by atoms with Gasteiger partial charge in [-0.05, 0) is 37.4 Å². The molecule has 20 heavy (non-hydrogen) atoms. The van der Waals surface area contributed by atoms with Gasteiger partial charge < -0.3 is 20.1 Å². The third-order valence-corrected chi connectivity index (χ3v) is 4.71. The molecule has 0 radical (unpaired) electrons. The molecule has 114 valence electrons. The Hall–Kier alpha value is -0.460. The molecule has 2 rings (SSSR count). The second-order valence-electron chi connectivity index (χ2n) is 5.79. The summed E-state index contributed by atoms with van der Waals surface area (Å²) in [5, 5.41) is 15.5. The molecule has 2 N–H and O–H groups in total. The highest BCUT2D eigenvalue weighted by Gasteiger charge is 2.24. The Morgan fingerprint density at radius 1 is 1.60 bits per heavy atom. The Labute approximate surface area is 125 Å². The Morgan fingerprint density at radius 2 is 2.45 bits per heavy atom. The van der Waals surface area contributed by atoms with Gasteiger partial charge in [-0.25, -0.2) is 0 Å². The lowest BCUT2D eigenvalue weighted by atomic mass is 9.94. The number of aliphatic hydroxyl groups is 1. The van der Waals surface area contributed by atoms with Crippen LogP contribution in [0.4, 0.5) is 0 Å². The minimum atomic E-state index is -0.429. The van der Waals surface area contributed by atoms with Gasteiger partial charge in [0, 0.05) is 24.0 Å². The third kappa shape index (κ3) is 5.14. The standard InChI is InChI=1S/C15H26N2O2S/c1-12-9-17(2)6-5-15(12)16-8-13(18)10-19-11-14-4-3-7-20-14/h3-4,7,12-13,15-16,18H,5-6,8-11H2,1-2H3. The molecular weight excluding hydrogens is 272 g/mol. The van der Waals surface area contributed by atoms with E-state index >= 15 is 0 Å². The lowest BCUT2D eigenvalue weighted by molar-refractivity contribution is 0.0259. The number of piperidine rings is 1. The monoisotopic (exact) mass is 298 g/mol. The van der Waals surface area contributed by atoms with E-state index in [1.165, 1.54) is 4.88 Å². The first-order valence-corrected chi connectivity index (χ1v) is 8.23. The van der Waals surface area contributed by atoms with Crippen LogP contribution in [0.3, 0.4) is 0 Å². The van der Waals surface area contributed by atoms with E-state index in [4.69, 9.17) is 4.74 Å². The number of nitrogens with one attached hydrogen (secondary N) is 1. The summed E-state index contributed by atoms with van der Waals surface area (Å²) in [6.45, 7) is 6.14. The first-order valence-electron chi connectivity index (χ1n) is 7.35. The number of hydrogen-bond acceptors (Lipinski definition) is 5. The average molecular weight is 298 g/mol. The molecule has 1 aliphatic rings. The first-order chi connectivity index (χ1) is 9.65. The van der Waals surface area contributed by atoms with Gasteiger partial charge in [-0.15, -0.1) is 11.3 Å². The molecule has 1 aromatic rings. The van der Waals surface area contributed by atoms with E-state index in [1.54, 1.807) is 11.3 Å². The van der Waals surface area contributed by atoms with Crippen LogP contribution in [0.1, 0.15) is 18.2 Å². The van der Waals surface area contributed by atoms with Crippen LogP contribution in [-0.4, -0.2) is 55.4 Å². The maximum Gasteiger partial charge on any atom is 0.0897 e. The van der Waals surface area contributed by atoms with Crippen LogP contribution >= 0.6 is 11.3 Å². The van der Waals surface area contributed by atoms with E-state index in [2.05, 4.69) is 30.3 Å². The molecule has 3 atom stereocenters. The number of hydrogen-bond donors (Lipinski definition) is 2. The fourth-order valence-corrected chi connectivity index (χ4v) is 3.33. The summed E-state index contributed by atoms with van der Waals surface area (Å²) in [4.78, 5) is 3.57. The third-order valence-electron chi connectivity index (χ3n) is 3.86. The molecule has 0 aromatic carbocycles. The van der Waals surface area contributed by atoms with E-state index in [-0.39, 0.29) is 0 Å². The van der Waals surface area contributed by atoms with Crippen molar-refractivity contribution in [2.75, 3.05) is 33.3 Å². The van der Waals surface area contributed by atoms with E-state index < -0.39 is 6.10 Å². The van der Waals surface area contributed by atoms with Crippen molar-refractivity contribution in [1.29, 1.82) is 0 Å². The molecule has 2 heterocycles. The van der Waals surface area contributed by atoms with Crippen molar-refractivity contribution in [3.05, 3.63) is 22.4 Å². The van der Waals surface area contributed by atoms with Crippen LogP contribution in [0.2, 0.25) is 0 Å². The predicted octanol–water partition coefficient (Wildman–Crippen LogP) is 1.56. The van der Waals surface area contributed by atoms with Gasteiger partial charge in [0.2, 0.25) is 0 Å². The fourth-order valence-electron chi connectivity index (χ4n) is 2.69. The van der Waals surface area contributed by atoms with Crippen molar-refractivity contribution < 1.29 is 9.84 Å². The molecule has 0 saturated carbocycles. The number of aliphatic hydroxyl groups excluding tert-OH is 1. The van der Waals surface area contributed by atoms with Gasteiger partial charge in [-0.1, -0.05) is 13.0 Å². The van der Waals surface area contributed by atoms with Crippen molar-refractivity contribution >= 4 is 11.3 Å². The molecule has 3 unspecified atom stereocenters. The summed E-state index contributed by atoms with van der Waals surface area (Å²) in [5.41, 5.74) is 0. The molecular formula is C15H26N2O2S. The second-order valence-corrected chi connectivity index (χ2v) is 6.82. The molecule has 1 aliphatic heterocycles. The summed E-state index contributed by atoms with van der Waals surface area (Å²) >= 11 is 1.68. The summed E-state index contributed by atoms with van der Waals surface area (Å²) < 4.78 is 5.54. The lowest BCUT2D eigenvalue weighted by Gasteiger charge is -2.35. The number of thiophene rings is 1. The largest absolute Gasteiger partial charge is 0.389 e. The SMILES string of the molecule is CC1CN(C)CCC1NCC(O)COCc1cccs1. The van der Waals surface area contributed by atoms with E-state index in [0.717, 1.165) is 19.5 Å². The van der Waals surface area contributed by atoms with Gasteiger partial charge in [-0.2, -0.15) is 0 Å². The second kappa shape index (κ2) is 8.10. The van der Waals surface area contributed by atoms with Gasteiger partial charge >= 0.3 is 0 Å². The summed E-state index contributed by atoms with van der Waals surface area (Å²) in [6.07, 6.45) is 0.724. The summed E-state index contributed by atoms with van der Waals surface area (Å²) in [6, 6.07) is 4.58. The minimum Gasteiger partial charge on any atom is -0.389 e. The zero-order chi connectivity index (χ0) is 14.4. The van der Waals surface area contributed by atoms with Gasteiger partial charge in [0.1, 0.15) is 0 Å². The highest BCUT2D eigenvalue weighted by molar-refractivity contribution is 7.09.